The van der Waals surface area contributed by atoms with Crippen LogP contribution in [0, 0.1) is 0 Å². The van der Waals surface area contributed by atoms with Gasteiger partial charge in [-0.3, -0.25) is 9.97 Å². The third-order valence-electron chi connectivity index (χ3n) is 18.0. The Morgan fingerprint density at radius 3 is 0.438 bits per heavy atom. The van der Waals surface area contributed by atoms with E-state index < -0.39 is 0 Å². The highest BCUT2D eigenvalue weighted by Crippen LogP contribution is 2.32. The maximum Gasteiger partial charge on any atom is 0.156 e. The summed E-state index contributed by atoms with van der Waals surface area (Å²) in [6.45, 7) is 104. The largest absolute Gasteiger partial charge is 0.260 e. The van der Waals surface area contributed by atoms with Crippen LogP contribution in [0.15, 0.2) is 110 Å². The number of nitrogens with zero attached hydrogens (tertiary/aromatic N) is 14. The van der Waals surface area contributed by atoms with Crippen molar-refractivity contribution < 1.29 is 0 Å². The Kier molecular flexibility index (Phi) is 35.3. The molecule has 7 heterocycles. The van der Waals surface area contributed by atoms with Crippen molar-refractivity contribution in [2.75, 3.05) is 0 Å². The van der Waals surface area contributed by atoms with Crippen LogP contribution in [0.25, 0.3) is 0 Å². The molecule has 0 radical (unpaired) electrons. The lowest BCUT2D eigenvalue weighted by Crippen LogP contribution is -2.21. The molecule has 0 saturated carbocycles. The van der Waals surface area contributed by atoms with Crippen molar-refractivity contribution >= 4 is 0 Å². The molecule has 1 aromatic carbocycles. The molecule has 0 aliphatic heterocycles. The molecule has 112 heavy (non-hydrogen) atoms. The Hall–Kier alpha value is -7.22. The van der Waals surface area contributed by atoms with Crippen LogP contribution in [0.1, 0.15) is 423 Å². The smallest absolute Gasteiger partial charge is 0.156 e. The molecular formula is C98H162N14. The summed E-state index contributed by atoms with van der Waals surface area (Å²) in [5, 5.41) is 25.3. The first-order valence-electron chi connectivity index (χ1n) is 40.7. The second kappa shape index (κ2) is 38.5. The highest BCUT2D eigenvalue weighted by Gasteiger charge is 2.28. The van der Waals surface area contributed by atoms with Gasteiger partial charge in [0.15, 0.2) is 11.6 Å². The van der Waals surface area contributed by atoms with E-state index in [2.05, 4.69) is 463 Å². The van der Waals surface area contributed by atoms with Crippen LogP contribution in [-0.4, -0.2) is 70.5 Å². The van der Waals surface area contributed by atoms with Gasteiger partial charge >= 0.3 is 0 Å². The van der Waals surface area contributed by atoms with Crippen LogP contribution in [0.2, 0.25) is 0 Å². The van der Waals surface area contributed by atoms with Gasteiger partial charge in [-0.15, -0.1) is 10.2 Å². The van der Waals surface area contributed by atoms with E-state index in [1.54, 1.807) is 0 Å². The van der Waals surface area contributed by atoms with Crippen molar-refractivity contribution in [2.24, 2.45) is 0 Å². The molecule has 0 aliphatic rings. The quantitative estimate of drug-likeness (QED) is 0.140. The molecule has 7 aromatic heterocycles. The Labute approximate surface area is 686 Å². The molecule has 14 heteroatoms. The fourth-order valence-corrected chi connectivity index (χ4v) is 9.29. The van der Waals surface area contributed by atoms with Crippen molar-refractivity contribution in [2.45, 2.75) is 419 Å². The summed E-state index contributed by atoms with van der Waals surface area (Å²) in [5.74, 6) is 3.41. The normalized spacial score (nSPS) is 13.0. The van der Waals surface area contributed by atoms with Crippen molar-refractivity contribution in [3.05, 3.63) is 201 Å². The number of aromatic nitrogens is 14. The summed E-state index contributed by atoms with van der Waals surface area (Å²) >= 11 is 0. The van der Waals surface area contributed by atoms with Gasteiger partial charge in [0.2, 0.25) is 0 Å². The lowest BCUT2D eigenvalue weighted by atomic mass is 9.82. The van der Waals surface area contributed by atoms with Crippen LogP contribution in [-0.2, 0) is 86.6 Å². The third kappa shape index (κ3) is 37.4. The van der Waals surface area contributed by atoms with Gasteiger partial charge in [0.1, 0.15) is 11.6 Å². The zero-order chi connectivity index (χ0) is 87.9. The highest BCUT2D eigenvalue weighted by molar-refractivity contribution is 5.32. The third-order valence-corrected chi connectivity index (χ3v) is 18.0. The average molecular weight is 1540 g/mol. The Morgan fingerprint density at radius 1 is 0.125 bits per heavy atom. The van der Waals surface area contributed by atoms with E-state index in [-0.39, 0.29) is 86.6 Å². The van der Waals surface area contributed by atoms with Gasteiger partial charge in [-0.2, -0.15) is 20.4 Å². The van der Waals surface area contributed by atoms with E-state index in [0.29, 0.717) is 0 Å². The topological polar surface area (TPSA) is 180 Å². The van der Waals surface area contributed by atoms with Crippen molar-refractivity contribution in [1.29, 1.82) is 0 Å². The second-order valence-electron chi connectivity index (χ2n) is 46.7. The predicted molar refractivity (Wildman–Crippen MR) is 480 cm³/mol. The van der Waals surface area contributed by atoms with Crippen molar-refractivity contribution in [1.82, 2.24) is 70.5 Å². The first-order valence-corrected chi connectivity index (χ1v) is 40.7. The van der Waals surface area contributed by atoms with Crippen LogP contribution in [0.3, 0.4) is 0 Å². The molecule has 0 atom stereocenters. The molecule has 14 nitrogen and oxygen atoms in total. The Balaban J connectivity index is 0.000000640. The summed E-state index contributed by atoms with van der Waals surface area (Å²) in [6, 6.07) is 21.8. The summed E-state index contributed by atoms with van der Waals surface area (Å²) in [6.07, 6.45) is 15.4. The first-order chi connectivity index (χ1) is 49.7. The number of hydrogen-bond acceptors (Lipinski definition) is 14. The number of rotatable bonds is 0. The van der Waals surface area contributed by atoms with E-state index >= 15 is 0 Å². The standard InChI is InChI=1S/C14H22.2C13H21N.3C12H20N2.2C11H19N3/c1-13(2,3)11-7-9-12(10-8-11)14(4,5)6;2*1-12(2,3)10-7-8-11(14-9-10)13(4,5)6;2*1-11(2,3)9-7-13-10(14-8-9)12(4,5)6;1-11(2,3)9-7-8-10(14-13-9)12(4,5)6;2*1-10(2,3)8-7-12-9(14-13-8)11(4,5)6/h7-10H,1-6H3;2*7-9H,1-6H3;3*7-8H,1-6H3;2*7H,1-6H3. The monoisotopic (exact) mass is 1540 g/mol. The summed E-state index contributed by atoms with van der Waals surface area (Å²) < 4.78 is 0. The average Bonchev–Trinajstić information content (AvgIpc) is 0.877. The molecule has 0 saturated heterocycles. The summed E-state index contributed by atoms with van der Waals surface area (Å²) in [7, 11) is 0. The Morgan fingerprint density at radius 2 is 0.295 bits per heavy atom. The summed E-state index contributed by atoms with van der Waals surface area (Å²) in [4.78, 5) is 35.3. The molecule has 0 fully saturated rings. The molecule has 8 rings (SSSR count). The molecule has 624 valence electrons. The molecule has 0 bridgehead atoms. The zero-order valence-corrected chi connectivity index (χ0v) is 80.7. The molecule has 0 spiro atoms. The molecule has 0 N–H and O–H groups in total. The zero-order valence-electron chi connectivity index (χ0n) is 80.7. The number of pyridine rings is 2. The minimum Gasteiger partial charge on any atom is -0.260 e. The van der Waals surface area contributed by atoms with Crippen molar-refractivity contribution in [3.63, 3.8) is 0 Å². The van der Waals surface area contributed by atoms with Crippen LogP contribution >= 0.6 is 0 Å². The van der Waals surface area contributed by atoms with Gasteiger partial charge in [-0.25, -0.2) is 29.9 Å². The molecular weight excluding hydrogens is 1370 g/mol. The molecule has 0 aliphatic carbocycles. The second-order valence-corrected chi connectivity index (χ2v) is 46.7. The summed E-state index contributed by atoms with van der Waals surface area (Å²) in [5.41, 5.74) is 15.8. The predicted octanol–water partition coefficient (Wildman–Crippen LogP) is 25.8. The first kappa shape index (κ1) is 103. The maximum absolute atomic E-state index is 4.52. The highest BCUT2D eigenvalue weighted by atomic mass is 15.2. The lowest BCUT2D eigenvalue weighted by molar-refractivity contribution is 0.504. The molecule has 0 unspecified atom stereocenters. The minimum atomic E-state index is -0.0244. The van der Waals surface area contributed by atoms with Crippen LogP contribution in [0.5, 0.6) is 0 Å². The SMILES string of the molecule is CC(C)(C)c1ccc(C(C)(C)C)cc1.CC(C)(C)c1ccc(C(C)(C)C)nc1.CC(C)(C)c1ccc(C(C)(C)C)nc1.CC(C)(C)c1ccc(C(C)(C)C)nn1.CC(C)(C)c1cnc(C(C)(C)C)nc1.CC(C)(C)c1cnc(C(C)(C)C)nc1.CC(C)(C)c1cnc(C(C)(C)C)nn1.CC(C)(C)c1cnc(C(C)(C)C)nn1. The minimum absolute atomic E-state index is 0.0242. The van der Waals surface area contributed by atoms with Crippen LogP contribution < -0.4 is 0 Å². The van der Waals surface area contributed by atoms with Crippen molar-refractivity contribution in [3.8, 4) is 0 Å². The lowest BCUT2D eigenvalue weighted by Gasteiger charge is -2.23. The fraction of sp³-hybridized carbons (Fsp3) is 0.653. The molecule has 0 amide bonds. The van der Waals surface area contributed by atoms with E-state index in [4.69, 9.17) is 0 Å². The van der Waals surface area contributed by atoms with Crippen LogP contribution in [0.4, 0.5) is 0 Å². The van der Waals surface area contributed by atoms with E-state index in [1.807, 2.05) is 49.6 Å². The van der Waals surface area contributed by atoms with Gasteiger partial charge in [0, 0.05) is 103 Å². The maximum atomic E-state index is 4.52. The van der Waals surface area contributed by atoms with Gasteiger partial charge < -0.3 is 0 Å². The van der Waals surface area contributed by atoms with E-state index in [1.165, 1.54) is 33.4 Å². The van der Waals surface area contributed by atoms with E-state index in [0.717, 1.165) is 57.5 Å². The van der Waals surface area contributed by atoms with Gasteiger partial charge in [0.25, 0.3) is 0 Å². The molecule has 8 aromatic rings. The van der Waals surface area contributed by atoms with Gasteiger partial charge in [-0.05, 0) is 90.1 Å². The van der Waals surface area contributed by atoms with E-state index in [9.17, 15) is 0 Å². The van der Waals surface area contributed by atoms with Gasteiger partial charge in [0.05, 0.1) is 35.2 Å². The fourth-order valence-electron chi connectivity index (χ4n) is 9.29. The number of benzene rings is 1. The number of hydrogen-bond donors (Lipinski definition) is 0. The Bertz CT molecular complexity index is 2930. The van der Waals surface area contributed by atoms with Gasteiger partial charge in [-0.1, -0.05) is 369 Å².